The number of halogens is 6. The molecule has 0 unspecified atom stereocenters. The van der Waals surface area contributed by atoms with Crippen LogP contribution in [0.25, 0.3) is 0 Å². The third kappa shape index (κ3) is 86.7. The van der Waals surface area contributed by atoms with Crippen molar-refractivity contribution >= 4 is 52.1 Å². The van der Waals surface area contributed by atoms with E-state index in [1.807, 2.05) is 0 Å². The van der Waals surface area contributed by atoms with Crippen LogP contribution in [0.2, 0.25) is 0 Å². The van der Waals surface area contributed by atoms with Gasteiger partial charge in [-0.2, -0.15) is 25.2 Å². The largest absolute Gasteiger partial charge is 0.369 e. The van der Waals surface area contributed by atoms with Gasteiger partial charge in [0.25, 0.3) is 0 Å². The predicted octanol–water partition coefficient (Wildman–Crippen LogP) is 9.19. The van der Waals surface area contributed by atoms with E-state index in [1.165, 1.54) is 0 Å². The average Bonchev–Trinajstić information content (AvgIpc) is 1.94. The van der Waals surface area contributed by atoms with Crippen LogP contribution >= 0.6 is 52.1 Å². The quantitative estimate of drug-likeness (QED) is 0.0640. The van der Waals surface area contributed by atoms with Gasteiger partial charge >= 0.3 is 52.1 Å². The van der Waals surface area contributed by atoms with Crippen molar-refractivity contribution in [1.29, 1.82) is 0 Å². The first kappa shape index (κ1) is 125. The molecule has 0 fully saturated rings. The smallest absolute Gasteiger partial charge is 0.362 e. The van der Waals surface area contributed by atoms with E-state index in [0.29, 0.717) is 0 Å². The van der Waals surface area contributed by atoms with Crippen LogP contribution in [0.15, 0.2) is 149 Å². The summed E-state index contributed by atoms with van der Waals surface area (Å²) in [6.07, 6.45) is 50.4. The molecule has 12 aliphatic heterocycles. The molecular formula is C72H156F6N24O12P6. The highest BCUT2D eigenvalue weighted by Crippen LogP contribution is 2.25. The van der Waals surface area contributed by atoms with Crippen LogP contribution in [0.3, 0.4) is 0 Å². The number of nitrogens with zero attached hydrogens (tertiary/aromatic N) is 24. The maximum absolute atomic E-state index is 10.2. The van der Waals surface area contributed by atoms with Crippen LogP contribution in [0.5, 0.6) is 0 Å². The van der Waals surface area contributed by atoms with E-state index in [-0.39, 0.29) is 0 Å². The van der Waals surface area contributed by atoms with E-state index in [9.17, 15) is 25.2 Å². The van der Waals surface area contributed by atoms with Crippen LogP contribution in [0.4, 0.5) is 25.2 Å². The van der Waals surface area contributed by atoms with E-state index in [0.717, 1.165) is 159 Å². The molecule has 0 aromatic rings. The number of hydrogen-bond donors (Lipinski definition) is 12. The lowest BCUT2D eigenvalue weighted by Crippen LogP contribution is -2.21. The first-order valence-electron chi connectivity index (χ1n) is 38.8. The molecule has 0 amide bonds. The molecule has 0 bridgehead atoms. The van der Waals surface area contributed by atoms with Crippen LogP contribution < -0.4 is 0 Å². The SMILES string of the molecule is CCN1C=CN(C)C1.CCN1C=CN(C)C1.CCN1C=CN(C)C1.CCN1C=CN(C)C1.CCN1C=CN(C)C1.CCN1C=CN(C)C1.CCN1C=CN(C)C1.CCN1C=CN(C)C1.CCN1C=CN(C)C1.CCN1C=CN(C)C1.CCN1C=CN(C)C1.CCN1C=CN(C)C1.OP(O)F.OP(O)F.OP(O)F.OP(O)F.OP(O)F.OP(O)F. The predicted molar refractivity (Wildman–Crippen MR) is 485 cm³/mol. The molecule has 0 aromatic heterocycles. The molecule has 120 heavy (non-hydrogen) atoms. The summed E-state index contributed by atoms with van der Waals surface area (Å²) in [7, 11) is 6.18. The van der Waals surface area contributed by atoms with Crippen molar-refractivity contribution in [2.45, 2.75) is 83.1 Å². The van der Waals surface area contributed by atoms with E-state index < -0.39 is 52.1 Å². The molecule has 48 heteroatoms. The first-order chi connectivity index (χ1) is 56.3. The van der Waals surface area contributed by atoms with Gasteiger partial charge in [-0.15, -0.1) is 0 Å². The zero-order valence-corrected chi connectivity index (χ0v) is 81.2. The first-order valence-corrected chi connectivity index (χ1v) is 45.7. The topological polar surface area (TPSA) is 321 Å². The van der Waals surface area contributed by atoms with Crippen molar-refractivity contribution in [3.63, 3.8) is 0 Å². The van der Waals surface area contributed by atoms with Crippen molar-refractivity contribution in [2.24, 2.45) is 0 Å². The fourth-order valence-corrected chi connectivity index (χ4v) is 9.53. The Hall–Kier alpha value is -6.24. The normalized spacial score (nSPS) is 16.4. The van der Waals surface area contributed by atoms with E-state index in [1.54, 1.807) is 0 Å². The monoisotopic (exact) mass is 1850 g/mol. The van der Waals surface area contributed by atoms with E-state index in [2.05, 4.69) is 434 Å². The van der Waals surface area contributed by atoms with E-state index in [4.69, 9.17) is 58.7 Å². The minimum atomic E-state index is -3.12. The zero-order chi connectivity index (χ0) is 93.3. The Bertz CT molecular complexity index is 2110. The van der Waals surface area contributed by atoms with Crippen molar-refractivity contribution in [2.75, 3.05) is 243 Å². The summed E-state index contributed by atoms with van der Waals surface area (Å²) < 4.78 is 61.1. The van der Waals surface area contributed by atoms with Crippen molar-refractivity contribution in [3.05, 3.63) is 149 Å². The molecule has 0 radical (unpaired) electrons. The fraction of sp³-hybridized carbons (Fsp3) is 0.667. The molecular weight excluding hydrogens is 1690 g/mol. The highest BCUT2D eigenvalue weighted by molar-refractivity contribution is 7.39. The van der Waals surface area contributed by atoms with Gasteiger partial charge in [-0.3, -0.25) is 0 Å². The second kappa shape index (κ2) is 81.1. The molecule has 0 atom stereocenters. The summed E-state index contributed by atoms with van der Waals surface area (Å²) in [6.45, 7) is 51.8. The van der Waals surface area contributed by atoms with Gasteiger partial charge in [-0.1, -0.05) is 0 Å². The van der Waals surface area contributed by atoms with E-state index >= 15 is 0 Å². The summed E-state index contributed by atoms with van der Waals surface area (Å²) >= 11 is 0. The second-order valence-corrected chi connectivity index (χ2v) is 29.5. The third-order valence-electron chi connectivity index (χ3n) is 16.1. The standard InChI is InChI=1S/12C6H12N2.6FH2O2P/c12*1-3-8-5-4-7(2)6-8;6*1-4(2)3/h12*4-5H,3,6H2,1-2H3;6*2-3H. The Kier molecular flexibility index (Phi) is 84.2. The third-order valence-corrected chi connectivity index (χ3v) is 16.1. The molecule has 0 spiro atoms. The molecule has 36 nitrogen and oxygen atoms in total. The van der Waals surface area contributed by atoms with Gasteiger partial charge < -0.3 is 176 Å². The molecule has 12 rings (SSSR count). The number of hydrogen-bond acceptors (Lipinski definition) is 36. The molecule has 12 N–H and O–H groups in total. The van der Waals surface area contributed by atoms with Crippen LogP contribution in [0, 0.1) is 0 Å². The Balaban J connectivity index is -0.000000289. The molecule has 0 aromatic carbocycles. The highest BCUT2D eigenvalue weighted by Gasteiger charge is 2.11. The Labute approximate surface area is 725 Å². The molecule has 12 aliphatic rings. The van der Waals surface area contributed by atoms with Crippen LogP contribution in [0.1, 0.15) is 83.1 Å². The molecule has 12 heterocycles. The zero-order valence-electron chi connectivity index (χ0n) is 75.9. The van der Waals surface area contributed by atoms with Gasteiger partial charge in [0, 0.05) is 312 Å². The van der Waals surface area contributed by atoms with Gasteiger partial charge in [-0.25, -0.2) is 0 Å². The second-order valence-electron chi connectivity index (χ2n) is 26.7. The molecule has 708 valence electrons. The Morgan fingerprint density at radius 1 is 0.150 bits per heavy atom. The van der Waals surface area contributed by atoms with Gasteiger partial charge in [-0.05, 0) is 83.1 Å². The lowest BCUT2D eigenvalue weighted by Gasteiger charge is -2.14. The molecule has 0 aliphatic carbocycles. The van der Waals surface area contributed by atoms with Crippen molar-refractivity contribution in [3.8, 4) is 0 Å². The van der Waals surface area contributed by atoms with Crippen LogP contribution in [-0.4, -0.2) is 419 Å². The summed E-state index contributed by atoms with van der Waals surface area (Å²) in [5.41, 5.74) is 0. The summed E-state index contributed by atoms with van der Waals surface area (Å²) in [5, 5.41) is 0. The van der Waals surface area contributed by atoms with Gasteiger partial charge in [0.15, 0.2) is 0 Å². The van der Waals surface area contributed by atoms with Crippen LogP contribution in [-0.2, 0) is 0 Å². The summed E-state index contributed by atoms with van der Waals surface area (Å²) in [5.74, 6) is 0. The highest BCUT2D eigenvalue weighted by atomic mass is 31.2. The van der Waals surface area contributed by atoms with Gasteiger partial charge in [0.1, 0.15) is 0 Å². The molecule has 0 saturated heterocycles. The van der Waals surface area contributed by atoms with Gasteiger partial charge in [0.05, 0.1) is 80.0 Å². The summed E-state index contributed by atoms with van der Waals surface area (Å²) in [4.78, 5) is 137. The fourth-order valence-electron chi connectivity index (χ4n) is 9.53. The van der Waals surface area contributed by atoms with Crippen molar-refractivity contribution < 1.29 is 83.9 Å². The maximum atomic E-state index is 10.2. The molecule has 0 saturated carbocycles. The maximum Gasteiger partial charge on any atom is 0.369 e. The minimum absolute atomic E-state index is 1.05. The average molecular weight is 1850 g/mol. The number of rotatable bonds is 12. The lowest BCUT2D eigenvalue weighted by atomic mass is 10.6. The van der Waals surface area contributed by atoms with Gasteiger partial charge in [0.2, 0.25) is 0 Å². The Morgan fingerprint density at radius 2 is 0.200 bits per heavy atom. The van der Waals surface area contributed by atoms with Crippen molar-refractivity contribution in [1.82, 2.24) is 118 Å². The summed E-state index contributed by atoms with van der Waals surface area (Å²) in [6, 6.07) is 0. The minimum Gasteiger partial charge on any atom is -0.362 e. The lowest BCUT2D eigenvalue weighted by molar-refractivity contribution is 0.308. The Morgan fingerprint density at radius 3 is 0.217 bits per heavy atom.